The van der Waals surface area contributed by atoms with E-state index in [2.05, 4.69) is 16.2 Å². The molecule has 0 saturated carbocycles. The zero-order valence-electron chi connectivity index (χ0n) is 11.2. The van der Waals surface area contributed by atoms with Crippen molar-refractivity contribution in [3.05, 3.63) is 35.7 Å². The van der Waals surface area contributed by atoms with Gasteiger partial charge < -0.3 is 14.0 Å². The van der Waals surface area contributed by atoms with E-state index in [9.17, 15) is 0 Å². The Balaban J connectivity index is 1.93. The van der Waals surface area contributed by atoms with Gasteiger partial charge in [-0.15, -0.1) is 0 Å². The zero-order valence-corrected chi connectivity index (χ0v) is 11.2. The molecule has 0 unspecified atom stereocenters. The van der Waals surface area contributed by atoms with E-state index in [0.717, 1.165) is 5.56 Å². The summed E-state index contributed by atoms with van der Waals surface area (Å²) in [5.74, 6) is 0.994. The molecule has 0 aliphatic carbocycles. The van der Waals surface area contributed by atoms with Gasteiger partial charge in [0.25, 0.3) is 5.89 Å². The lowest BCUT2D eigenvalue weighted by molar-refractivity contribution is 0.0714. The summed E-state index contributed by atoms with van der Waals surface area (Å²) in [5, 5.41) is 12.7. The standard InChI is InChI=1S/C14H15N3O3/c1-18-7-8-19-6-5-13-16-14(20-17-13)12-4-2-3-11(9-12)10-15/h2-4,9H,5-8H2,1H3. The molecule has 0 aliphatic rings. The zero-order chi connectivity index (χ0) is 14.2. The van der Waals surface area contributed by atoms with E-state index in [1.165, 1.54) is 0 Å². The predicted molar refractivity (Wildman–Crippen MR) is 70.8 cm³/mol. The number of aromatic nitrogens is 2. The maximum Gasteiger partial charge on any atom is 0.257 e. The van der Waals surface area contributed by atoms with Crippen molar-refractivity contribution in [2.24, 2.45) is 0 Å². The largest absolute Gasteiger partial charge is 0.382 e. The molecule has 0 bridgehead atoms. The van der Waals surface area contributed by atoms with Crippen LogP contribution in [0.25, 0.3) is 11.5 Å². The second kappa shape index (κ2) is 7.38. The molecule has 2 rings (SSSR count). The van der Waals surface area contributed by atoms with Crippen LogP contribution in [0.1, 0.15) is 11.4 Å². The molecule has 20 heavy (non-hydrogen) atoms. The lowest BCUT2D eigenvalue weighted by atomic mass is 10.1. The Hall–Kier alpha value is -2.23. The van der Waals surface area contributed by atoms with Gasteiger partial charge in [0.15, 0.2) is 5.82 Å². The van der Waals surface area contributed by atoms with Crippen molar-refractivity contribution in [1.82, 2.24) is 10.1 Å². The summed E-state index contributed by atoms with van der Waals surface area (Å²) in [6, 6.07) is 9.13. The summed E-state index contributed by atoms with van der Waals surface area (Å²) in [6.07, 6.45) is 0.575. The van der Waals surface area contributed by atoms with Crippen molar-refractivity contribution in [1.29, 1.82) is 5.26 Å². The molecule has 0 fully saturated rings. The Bertz CT molecular complexity index is 589. The van der Waals surface area contributed by atoms with Gasteiger partial charge in [0.1, 0.15) is 0 Å². The maximum absolute atomic E-state index is 8.86. The molecule has 2 aromatic rings. The van der Waals surface area contributed by atoms with E-state index in [0.29, 0.717) is 43.5 Å². The Labute approximate surface area is 116 Å². The van der Waals surface area contributed by atoms with Crippen molar-refractivity contribution in [3.8, 4) is 17.5 Å². The van der Waals surface area contributed by atoms with E-state index in [1.807, 2.05) is 6.07 Å². The topological polar surface area (TPSA) is 81.2 Å². The molecule has 1 heterocycles. The summed E-state index contributed by atoms with van der Waals surface area (Å²) < 4.78 is 15.4. The first-order valence-corrected chi connectivity index (χ1v) is 6.23. The van der Waals surface area contributed by atoms with Crippen molar-refractivity contribution in [2.45, 2.75) is 6.42 Å². The van der Waals surface area contributed by atoms with E-state index in [-0.39, 0.29) is 0 Å². The number of nitrogens with zero attached hydrogens (tertiary/aromatic N) is 3. The quantitative estimate of drug-likeness (QED) is 0.716. The third-order valence-corrected chi connectivity index (χ3v) is 2.61. The molecule has 0 spiro atoms. The van der Waals surface area contributed by atoms with Crippen LogP contribution in [0.2, 0.25) is 0 Å². The van der Waals surface area contributed by atoms with Crippen LogP contribution in [-0.2, 0) is 15.9 Å². The molecule has 0 N–H and O–H groups in total. The highest BCUT2D eigenvalue weighted by molar-refractivity contribution is 5.55. The molecule has 0 aliphatic heterocycles. The third-order valence-electron chi connectivity index (χ3n) is 2.61. The summed E-state index contributed by atoms with van der Waals surface area (Å²) in [5.41, 5.74) is 1.30. The van der Waals surface area contributed by atoms with Crippen LogP contribution in [0.5, 0.6) is 0 Å². The van der Waals surface area contributed by atoms with Crippen LogP contribution in [0, 0.1) is 11.3 Å². The maximum atomic E-state index is 8.86. The smallest absolute Gasteiger partial charge is 0.257 e. The molecule has 0 radical (unpaired) electrons. The van der Waals surface area contributed by atoms with Gasteiger partial charge in [0, 0.05) is 19.1 Å². The van der Waals surface area contributed by atoms with Gasteiger partial charge in [0.05, 0.1) is 31.5 Å². The number of rotatable bonds is 7. The molecule has 0 amide bonds. The van der Waals surface area contributed by atoms with Crippen LogP contribution >= 0.6 is 0 Å². The fraction of sp³-hybridized carbons (Fsp3) is 0.357. The molecule has 0 saturated heterocycles. The Morgan fingerprint density at radius 3 is 3.00 bits per heavy atom. The number of methoxy groups -OCH3 is 1. The highest BCUT2D eigenvalue weighted by Gasteiger charge is 2.09. The van der Waals surface area contributed by atoms with Gasteiger partial charge in [-0.25, -0.2) is 0 Å². The minimum absolute atomic E-state index is 0.411. The van der Waals surface area contributed by atoms with Crippen molar-refractivity contribution >= 4 is 0 Å². The van der Waals surface area contributed by atoms with Crippen molar-refractivity contribution in [3.63, 3.8) is 0 Å². The first-order chi connectivity index (χ1) is 9.83. The molecular formula is C14H15N3O3. The lowest BCUT2D eigenvalue weighted by Crippen LogP contribution is -2.05. The Kier molecular flexibility index (Phi) is 5.24. The van der Waals surface area contributed by atoms with Crippen LogP contribution < -0.4 is 0 Å². The molecule has 104 valence electrons. The van der Waals surface area contributed by atoms with Gasteiger partial charge in [-0.05, 0) is 18.2 Å². The van der Waals surface area contributed by atoms with Crippen molar-refractivity contribution < 1.29 is 14.0 Å². The predicted octanol–water partition coefficient (Wildman–Crippen LogP) is 1.81. The molecular weight excluding hydrogens is 258 g/mol. The summed E-state index contributed by atoms with van der Waals surface area (Å²) in [7, 11) is 1.63. The number of nitriles is 1. The van der Waals surface area contributed by atoms with E-state index < -0.39 is 0 Å². The van der Waals surface area contributed by atoms with Gasteiger partial charge in [-0.1, -0.05) is 11.2 Å². The minimum Gasteiger partial charge on any atom is -0.382 e. The van der Waals surface area contributed by atoms with Crippen LogP contribution in [0.3, 0.4) is 0 Å². The van der Waals surface area contributed by atoms with Gasteiger partial charge in [-0.2, -0.15) is 10.2 Å². The molecule has 1 aromatic carbocycles. The average Bonchev–Trinajstić information content (AvgIpc) is 2.96. The van der Waals surface area contributed by atoms with Crippen LogP contribution in [-0.4, -0.2) is 37.1 Å². The van der Waals surface area contributed by atoms with E-state index in [4.69, 9.17) is 19.3 Å². The second-order valence-electron chi connectivity index (χ2n) is 4.06. The molecule has 6 heteroatoms. The highest BCUT2D eigenvalue weighted by Crippen LogP contribution is 2.18. The number of ether oxygens (including phenoxy) is 2. The summed E-state index contributed by atoms with van der Waals surface area (Å²) >= 11 is 0. The minimum atomic E-state index is 0.411. The van der Waals surface area contributed by atoms with Crippen LogP contribution in [0.15, 0.2) is 28.8 Å². The average molecular weight is 273 g/mol. The van der Waals surface area contributed by atoms with Gasteiger partial charge >= 0.3 is 0 Å². The fourth-order valence-electron chi connectivity index (χ4n) is 1.60. The number of benzene rings is 1. The van der Waals surface area contributed by atoms with Gasteiger partial charge in [0.2, 0.25) is 0 Å². The first-order valence-electron chi connectivity index (χ1n) is 6.23. The van der Waals surface area contributed by atoms with Gasteiger partial charge in [-0.3, -0.25) is 0 Å². The lowest BCUT2D eigenvalue weighted by Gasteiger charge is -2.00. The highest BCUT2D eigenvalue weighted by atomic mass is 16.5. The summed E-state index contributed by atoms with van der Waals surface area (Å²) in [6.45, 7) is 1.63. The normalized spacial score (nSPS) is 10.4. The monoisotopic (exact) mass is 273 g/mol. The van der Waals surface area contributed by atoms with Crippen molar-refractivity contribution in [2.75, 3.05) is 26.9 Å². The second-order valence-corrected chi connectivity index (χ2v) is 4.06. The fourth-order valence-corrected chi connectivity index (χ4v) is 1.60. The number of hydrogen-bond donors (Lipinski definition) is 0. The first kappa shape index (κ1) is 14.2. The molecule has 0 atom stereocenters. The van der Waals surface area contributed by atoms with E-state index in [1.54, 1.807) is 25.3 Å². The molecule has 6 nitrogen and oxygen atoms in total. The third kappa shape index (κ3) is 3.88. The Morgan fingerprint density at radius 2 is 2.20 bits per heavy atom. The van der Waals surface area contributed by atoms with E-state index >= 15 is 0 Å². The Morgan fingerprint density at radius 1 is 1.30 bits per heavy atom. The van der Waals surface area contributed by atoms with Crippen LogP contribution in [0.4, 0.5) is 0 Å². The molecule has 1 aromatic heterocycles. The number of hydrogen-bond acceptors (Lipinski definition) is 6. The SMILES string of the molecule is COCCOCCc1noc(-c2cccc(C#N)c2)n1. The summed E-state index contributed by atoms with van der Waals surface area (Å²) in [4.78, 5) is 4.28.